The van der Waals surface area contributed by atoms with Crippen LogP contribution >= 0.6 is 0 Å². The van der Waals surface area contributed by atoms with Gasteiger partial charge in [0.1, 0.15) is 6.04 Å². The number of carboxylic acid groups (broad SMARTS) is 1. The largest absolute Gasteiger partial charge is 0.480 e. The highest BCUT2D eigenvalue weighted by atomic mass is 16.4. The summed E-state index contributed by atoms with van der Waals surface area (Å²) in [6.45, 7) is 6.98. The van der Waals surface area contributed by atoms with Crippen molar-refractivity contribution in [2.45, 2.75) is 39.7 Å². The summed E-state index contributed by atoms with van der Waals surface area (Å²) in [6.07, 6.45) is 1.43. The number of aliphatic carboxylic acids is 1. The first kappa shape index (κ1) is 15.9. The predicted molar refractivity (Wildman–Crippen MR) is 66.8 cm³/mol. The van der Waals surface area contributed by atoms with Gasteiger partial charge in [0.05, 0.1) is 6.54 Å². The van der Waals surface area contributed by atoms with Crippen LogP contribution in [-0.2, 0) is 9.59 Å². The Bertz CT molecular complexity index is 254. The highest BCUT2D eigenvalue weighted by Gasteiger charge is 2.21. The van der Waals surface area contributed by atoms with Gasteiger partial charge in [-0.15, -0.1) is 0 Å². The lowest BCUT2D eigenvalue weighted by Crippen LogP contribution is -2.45. The van der Waals surface area contributed by atoms with Crippen LogP contribution in [0, 0.1) is 5.92 Å². The fourth-order valence-electron chi connectivity index (χ4n) is 1.64. The van der Waals surface area contributed by atoms with Crippen LogP contribution in [0.5, 0.6) is 0 Å². The van der Waals surface area contributed by atoms with Crippen molar-refractivity contribution in [1.82, 2.24) is 10.2 Å². The van der Waals surface area contributed by atoms with E-state index in [1.807, 2.05) is 32.7 Å². The van der Waals surface area contributed by atoms with E-state index in [9.17, 15) is 9.59 Å². The number of hydrogen-bond donors (Lipinski definition) is 2. The van der Waals surface area contributed by atoms with E-state index in [1.54, 1.807) is 0 Å². The Morgan fingerprint density at radius 2 is 1.94 bits per heavy atom. The molecule has 0 fully saturated rings. The maximum absolute atomic E-state index is 11.6. The Balaban J connectivity index is 4.17. The first-order valence-corrected chi connectivity index (χ1v) is 6.07. The van der Waals surface area contributed by atoms with Gasteiger partial charge >= 0.3 is 5.97 Å². The lowest BCUT2D eigenvalue weighted by atomic mass is 10.0. The number of likely N-dealkylation sites (N-methyl/N-ethyl adjacent to an activating group) is 1. The second kappa shape index (κ2) is 8.06. The van der Waals surface area contributed by atoms with Gasteiger partial charge in [-0.3, -0.25) is 9.69 Å². The lowest BCUT2D eigenvalue weighted by Gasteiger charge is -2.19. The number of hydrogen-bond acceptors (Lipinski definition) is 3. The molecule has 0 aliphatic rings. The molecule has 5 nitrogen and oxygen atoms in total. The van der Waals surface area contributed by atoms with Crippen LogP contribution in [0.15, 0.2) is 0 Å². The number of carbonyl (C=O) groups is 2. The molecule has 0 aromatic carbocycles. The summed E-state index contributed by atoms with van der Waals surface area (Å²) in [5, 5.41) is 11.5. The number of nitrogens with zero attached hydrogens (tertiary/aromatic N) is 1. The Morgan fingerprint density at radius 3 is 2.35 bits per heavy atom. The standard InChI is InChI=1S/C12H24N2O3/c1-5-6-14(4)8-11(15)13-10(12(16)17)7-9(2)3/h9-10H,5-8H2,1-4H3,(H,13,15)(H,16,17)/t10-/m0/s1. The Hall–Kier alpha value is -1.10. The summed E-state index contributed by atoms with van der Waals surface area (Å²) in [5.74, 6) is -0.955. The zero-order valence-corrected chi connectivity index (χ0v) is 11.2. The van der Waals surface area contributed by atoms with Crippen molar-refractivity contribution < 1.29 is 14.7 Å². The number of carboxylic acids is 1. The quantitative estimate of drug-likeness (QED) is 0.667. The topological polar surface area (TPSA) is 69.6 Å². The van der Waals surface area contributed by atoms with E-state index < -0.39 is 12.0 Å². The van der Waals surface area contributed by atoms with Gasteiger partial charge in [-0.25, -0.2) is 4.79 Å². The van der Waals surface area contributed by atoms with Gasteiger partial charge in [0.25, 0.3) is 0 Å². The molecule has 0 aliphatic carbocycles. The SMILES string of the molecule is CCCN(C)CC(=O)N[C@@H](CC(C)C)C(=O)O. The lowest BCUT2D eigenvalue weighted by molar-refractivity contribution is -0.142. The third kappa shape index (κ3) is 7.74. The molecule has 0 spiro atoms. The van der Waals surface area contributed by atoms with Crippen LogP contribution in [0.1, 0.15) is 33.6 Å². The molecule has 0 bridgehead atoms. The summed E-state index contributed by atoms with van der Waals surface area (Å²) < 4.78 is 0. The molecule has 0 saturated heterocycles. The second-order valence-electron chi connectivity index (χ2n) is 4.83. The van der Waals surface area contributed by atoms with Crippen molar-refractivity contribution in [1.29, 1.82) is 0 Å². The van der Waals surface area contributed by atoms with Crippen LogP contribution in [-0.4, -0.2) is 48.1 Å². The summed E-state index contributed by atoms with van der Waals surface area (Å²) in [7, 11) is 1.85. The molecule has 5 heteroatoms. The third-order valence-corrected chi connectivity index (χ3v) is 2.36. The number of carbonyl (C=O) groups excluding carboxylic acids is 1. The zero-order chi connectivity index (χ0) is 13.4. The van der Waals surface area contributed by atoms with Crippen molar-refractivity contribution in [3.8, 4) is 0 Å². The highest BCUT2D eigenvalue weighted by molar-refractivity contribution is 5.84. The summed E-state index contributed by atoms with van der Waals surface area (Å²) in [5.41, 5.74) is 0. The number of amides is 1. The van der Waals surface area contributed by atoms with Crippen LogP contribution < -0.4 is 5.32 Å². The summed E-state index contributed by atoms with van der Waals surface area (Å²) in [4.78, 5) is 24.4. The minimum absolute atomic E-state index is 0.228. The smallest absolute Gasteiger partial charge is 0.326 e. The highest BCUT2D eigenvalue weighted by Crippen LogP contribution is 2.04. The van der Waals surface area contributed by atoms with Crippen molar-refractivity contribution >= 4 is 11.9 Å². The van der Waals surface area contributed by atoms with Gasteiger partial charge in [0.2, 0.25) is 5.91 Å². The molecule has 0 rings (SSSR count). The van der Waals surface area contributed by atoms with E-state index in [0.717, 1.165) is 13.0 Å². The van der Waals surface area contributed by atoms with Crippen LogP contribution in [0.4, 0.5) is 0 Å². The van der Waals surface area contributed by atoms with E-state index in [-0.39, 0.29) is 18.4 Å². The molecule has 0 aromatic rings. The van der Waals surface area contributed by atoms with Crippen LogP contribution in [0.2, 0.25) is 0 Å². The van der Waals surface area contributed by atoms with E-state index in [4.69, 9.17) is 5.11 Å². The van der Waals surface area contributed by atoms with Crippen LogP contribution in [0.25, 0.3) is 0 Å². The third-order valence-electron chi connectivity index (χ3n) is 2.36. The van der Waals surface area contributed by atoms with Crippen molar-refractivity contribution in [2.75, 3.05) is 20.1 Å². The van der Waals surface area contributed by atoms with E-state index in [0.29, 0.717) is 6.42 Å². The van der Waals surface area contributed by atoms with E-state index in [2.05, 4.69) is 5.32 Å². The van der Waals surface area contributed by atoms with Crippen molar-refractivity contribution in [2.24, 2.45) is 5.92 Å². The number of rotatable bonds is 8. The molecule has 0 saturated carbocycles. The van der Waals surface area contributed by atoms with Crippen molar-refractivity contribution in [3.05, 3.63) is 0 Å². The van der Waals surface area contributed by atoms with Gasteiger partial charge in [-0.2, -0.15) is 0 Å². The first-order valence-electron chi connectivity index (χ1n) is 6.07. The Labute approximate surface area is 103 Å². The zero-order valence-electron chi connectivity index (χ0n) is 11.2. The maximum atomic E-state index is 11.6. The molecule has 17 heavy (non-hydrogen) atoms. The average Bonchev–Trinajstić information content (AvgIpc) is 2.15. The molecule has 2 N–H and O–H groups in total. The first-order chi connectivity index (χ1) is 7.86. The fraction of sp³-hybridized carbons (Fsp3) is 0.833. The monoisotopic (exact) mass is 244 g/mol. The average molecular weight is 244 g/mol. The molecule has 0 heterocycles. The minimum atomic E-state index is -0.967. The molecular formula is C12H24N2O3. The van der Waals surface area contributed by atoms with E-state index in [1.165, 1.54) is 0 Å². The molecule has 1 amide bonds. The number of nitrogens with one attached hydrogen (secondary N) is 1. The molecule has 0 aliphatic heterocycles. The summed E-state index contributed by atoms with van der Waals surface area (Å²) in [6, 6.07) is -0.780. The van der Waals surface area contributed by atoms with Gasteiger partial charge < -0.3 is 10.4 Å². The fourth-order valence-corrected chi connectivity index (χ4v) is 1.64. The minimum Gasteiger partial charge on any atom is -0.480 e. The normalized spacial score (nSPS) is 12.8. The van der Waals surface area contributed by atoms with E-state index >= 15 is 0 Å². The molecule has 1 atom stereocenters. The van der Waals surface area contributed by atoms with Gasteiger partial charge in [0, 0.05) is 0 Å². The molecule has 0 radical (unpaired) electrons. The molecule has 100 valence electrons. The summed E-state index contributed by atoms with van der Waals surface area (Å²) >= 11 is 0. The molecule has 0 unspecified atom stereocenters. The predicted octanol–water partition coefficient (Wildman–Crippen LogP) is 0.944. The second-order valence-corrected chi connectivity index (χ2v) is 4.83. The van der Waals surface area contributed by atoms with Crippen LogP contribution in [0.3, 0.4) is 0 Å². The van der Waals surface area contributed by atoms with Gasteiger partial charge in [0.15, 0.2) is 0 Å². The Morgan fingerprint density at radius 1 is 1.35 bits per heavy atom. The maximum Gasteiger partial charge on any atom is 0.326 e. The van der Waals surface area contributed by atoms with Crippen molar-refractivity contribution in [3.63, 3.8) is 0 Å². The Kier molecular flexibility index (Phi) is 7.54. The van der Waals surface area contributed by atoms with Gasteiger partial charge in [-0.1, -0.05) is 20.8 Å². The molecular weight excluding hydrogens is 220 g/mol. The van der Waals surface area contributed by atoms with Gasteiger partial charge in [-0.05, 0) is 32.4 Å². The molecule has 0 aromatic heterocycles.